The van der Waals surface area contributed by atoms with Crippen molar-refractivity contribution in [2.24, 2.45) is 0 Å². The van der Waals surface area contributed by atoms with E-state index in [1.807, 2.05) is 4.57 Å². The van der Waals surface area contributed by atoms with Crippen molar-refractivity contribution in [2.75, 3.05) is 24.7 Å². The van der Waals surface area contributed by atoms with Gasteiger partial charge in [0.05, 0.1) is 6.26 Å². The molecule has 1 aliphatic carbocycles. The highest BCUT2D eigenvalue weighted by molar-refractivity contribution is 7.88. The maximum atomic E-state index is 12.7. The van der Waals surface area contributed by atoms with E-state index in [-0.39, 0.29) is 17.6 Å². The summed E-state index contributed by atoms with van der Waals surface area (Å²) in [6, 6.07) is 3.71. The summed E-state index contributed by atoms with van der Waals surface area (Å²) in [4.78, 5) is 21.8. The molecule has 2 aliphatic rings. The first-order valence-electron chi connectivity index (χ1n) is 10.5. The van der Waals surface area contributed by atoms with E-state index >= 15 is 0 Å². The molecule has 0 radical (unpaired) electrons. The fourth-order valence-electron chi connectivity index (χ4n) is 4.49. The lowest BCUT2D eigenvalue weighted by atomic mass is 10.1. The summed E-state index contributed by atoms with van der Waals surface area (Å²) in [7, 11) is -3.14. The minimum absolute atomic E-state index is 0.00416. The van der Waals surface area contributed by atoms with Crippen LogP contribution in [0.1, 0.15) is 57.4 Å². The van der Waals surface area contributed by atoms with Crippen molar-refractivity contribution in [3.8, 4) is 0 Å². The fourth-order valence-corrected chi connectivity index (χ4v) is 5.37. The second-order valence-corrected chi connectivity index (χ2v) is 10.2. The van der Waals surface area contributed by atoms with Gasteiger partial charge in [-0.05, 0) is 31.7 Å². The molecule has 2 aromatic rings. The summed E-state index contributed by atoms with van der Waals surface area (Å²) < 4.78 is 26.8. The highest BCUT2D eigenvalue weighted by Crippen LogP contribution is 2.28. The molecule has 1 aliphatic heterocycles. The number of anilines is 1. The monoisotopic (exact) mass is 419 g/mol. The third-order valence-electron chi connectivity index (χ3n) is 6.11. The van der Waals surface area contributed by atoms with E-state index in [1.54, 1.807) is 18.3 Å². The molecule has 0 aromatic carbocycles. The van der Waals surface area contributed by atoms with Gasteiger partial charge in [-0.25, -0.2) is 17.7 Å². The Bertz CT molecular complexity index is 1020. The predicted octanol–water partition coefficient (Wildman–Crippen LogP) is 2.52. The third-order valence-corrected chi connectivity index (χ3v) is 7.42. The number of rotatable bonds is 4. The standard InChI is InChI=1S/C20H29N5O3S/c1-29(27,28)24-12-10-16(11-13-24)22-20-21-14-15-8-9-18(26)25(19(15)23-20)17-6-4-2-3-5-7-17/h8-9,14,16-17H,2-7,10-13H2,1H3,(H,21,22,23). The second kappa shape index (κ2) is 8.39. The van der Waals surface area contributed by atoms with Crippen LogP contribution in [-0.2, 0) is 10.0 Å². The van der Waals surface area contributed by atoms with Gasteiger partial charge in [-0.1, -0.05) is 25.7 Å². The topological polar surface area (TPSA) is 97.2 Å². The number of sulfonamides is 1. The Hall–Kier alpha value is -2.00. The van der Waals surface area contributed by atoms with Crippen LogP contribution in [-0.4, -0.2) is 52.6 Å². The highest BCUT2D eigenvalue weighted by Gasteiger charge is 2.25. The van der Waals surface area contributed by atoms with Crippen molar-refractivity contribution in [3.63, 3.8) is 0 Å². The quantitative estimate of drug-likeness (QED) is 0.765. The predicted molar refractivity (Wildman–Crippen MR) is 114 cm³/mol. The van der Waals surface area contributed by atoms with Gasteiger partial charge in [0.2, 0.25) is 16.0 Å². The molecule has 3 heterocycles. The van der Waals surface area contributed by atoms with Crippen LogP contribution in [0.15, 0.2) is 23.1 Å². The molecule has 2 aromatic heterocycles. The van der Waals surface area contributed by atoms with Crippen LogP contribution in [0.3, 0.4) is 0 Å². The van der Waals surface area contributed by atoms with Crippen LogP contribution >= 0.6 is 0 Å². The lowest BCUT2D eigenvalue weighted by Crippen LogP contribution is -2.42. The van der Waals surface area contributed by atoms with E-state index in [9.17, 15) is 13.2 Å². The first kappa shape index (κ1) is 20.3. The van der Waals surface area contributed by atoms with Gasteiger partial charge < -0.3 is 5.32 Å². The van der Waals surface area contributed by atoms with Gasteiger partial charge in [0.15, 0.2) is 0 Å². The summed E-state index contributed by atoms with van der Waals surface area (Å²) in [6.45, 7) is 0.994. The molecular formula is C20H29N5O3S. The number of piperidine rings is 1. The average Bonchev–Trinajstić information content (AvgIpc) is 2.97. The second-order valence-electron chi connectivity index (χ2n) is 8.24. The number of hydrogen-bond acceptors (Lipinski definition) is 6. The summed E-state index contributed by atoms with van der Waals surface area (Å²) >= 11 is 0. The number of nitrogens with zero attached hydrogens (tertiary/aromatic N) is 4. The summed E-state index contributed by atoms with van der Waals surface area (Å²) in [5.41, 5.74) is 0.686. The van der Waals surface area contributed by atoms with Crippen LogP contribution in [0.5, 0.6) is 0 Å². The fraction of sp³-hybridized carbons (Fsp3) is 0.650. The molecule has 29 heavy (non-hydrogen) atoms. The first-order valence-corrected chi connectivity index (χ1v) is 12.4. The van der Waals surface area contributed by atoms with E-state index in [2.05, 4.69) is 10.3 Å². The van der Waals surface area contributed by atoms with Gasteiger partial charge in [0.1, 0.15) is 5.65 Å². The third kappa shape index (κ3) is 4.61. The molecule has 0 bridgehead atoms. The van der Waals surface area contributed by atoms with Crippen LogP contribution in [0.25, 0.3) is 11.0 Å². The Kier molecular flexibility index (Phi) is 5.87. The van der Waals surface area contributed by atoms with Gasteiger partial charge >= 0.3 is 0 Å². The molecule has 8 nitrogen and oxygen atoms in total. The zero-order valence-corrected chi connectivity index (χ0v) is 17.7. The number of nitrogens with one attached hydrogen (secondary N) is 1. The smallest absolute Gasteiger partial charge is 0.252 e. The van der Waals surface area contributed by atoms with Crippen molar-refractivity contribution >= 4 is 27.0 Å². The van der Waals surface area contributed by atoms with Crippen molar-refractivity contribution in [1.82, 2.24) is 18.8 Å². The lowest BCUT2D eigenvalue weighted by molar-refractivity contribution is 0.331. The highest BCUT2D eigenvalue weighted by atomic mass is 32.2. The van der Waals surface area contributed by atoms with Crippen LogP contribution < -0.4 is 10.9 Å². The summed E-state index contributed by atoms with van der Waals surface area (Å²) in [6.07, 6.45) is 11.2. The first-order chi connectivity index (χ1) is 13.9. The maximum absolute atomic E-state index is 12.7. The Labute approximate surface area is 171 Å². The number of aromatic nitrogens is 3. The molecule has 0 unspecified atom stereocenters. The molecule has 4 rings (SSSR count). The van der Waals surface area contributed by atoms with E-state index in [1.165, 1.54) is 23.4 Å². The molecule has 1 saturated carbocycles. The molecule has 1 saturated heterocycles. The van der Waals surface area contributed by atoms with Crippen molar-refractivity contribution in [3.05, 3.63) is 28.7 Å². The maximum Gasteiger partial charge on any atom is 0.252 e. The molecular weight excluding hydrogens is 390 g/mol. The van der Waals surface area contributed by atoms with Gasteiger partial charge in [0, 0.05) is 42.8 Å². The molecule has 0 amide bonds. The molecule has 9 heteroatoms. The molecule has 0 spiro atoms. The SMILES string of the molecule is CS(=O)(=O)N1CCC(Nc2ncc3ccc(=O)n(C4CCCCCC4)c3n2)CC1. The molecule has 1 N–H and O–H groups in total. The zero-order chi connectivity index (χ0) is 20.4. The Morgan fingerprint density at radius 1 is 1.03 bits per heavy atom. The molecule has 0 atom stereocenters. The van der Waals surface area contributed by atoms with Gasteiger partial charge in [-0.15, -0.1) is 0 Å². The average molecular weight is 420 g/mol. The number of fused-ring (bicyclic) bond motifs is 1. The minimum atomic E-state index is -3.14. The normalized spacial score (nSPS) is 20.6. The Morgan fingerprint density at radius 3 is 2.38 bits per heavy atom. The lowest BCUT2D eigenvalue weighted by Gasteiger charge is -2.30. The van der Waals surface area contributed by atoms with Crippen molar-refractivity contribution in [2.45, 2.75) is 63.5 Å². The Balaban J connectivity index is 1.57. The number of pyridine rings is 1. The summed E-state index contributed by atoms with van der Waals surface area (Å²) in [5.74, 6) is 0.503. The van der Waals surface area contributed by atoms with Gasteiger partial charge in [0.25, 0.3) is 5.56 Å². The largest absolute Gasteiger partial charge is 0.351 e. The van der Waals surface area contributed by atoms with Crippen LogP contribution in [0.4, 0.5) is 5.95 Å². The van der Waals surface area contributed by atoms with E-state index < -0.39 is 10.0 Å². The van der Waals surface area contributed by atoms with Crippen molar-refractivity contribution in [1.29, 1.82) is 0 Å². The van der Waals surface area contributed by atoms with Crippen LogP contribution in [0, 0.1) is 0 Å². The van der Waals surface area contributed by atoms with Gasteiger partial charge in [-0.3, -0.25) is 9.36 Å². The number of hydrogen-bond donors (Lipinski definition) is 1. The molecule has 158 valence electrons. The van der Waals surface area contributed by atoms with Gasteiger partial charge in [-0.2, -0.15) is 4.98 Å². The van der Waals surface area contributed by atoms with E-state index in [0.29, 0.717) is 37.5 Å². The van der Waals surface area contributed by atoms with E-state index in [4.69, 9.17) is 4.98 Å². The zero-order valence-electron chi connectivity index (χ0n) is 16.9. The Morgan fingerprint density at radius 2 is 1.72 bits per heavy atom. The van der Waals surface area contributed by atoms with Crippen molar-refractivity contribution < 1.29 is 8.42 Å². The minimum Gasteiger partial charge on any atom is -0.351 e. The molecule has 2 fully saturated rings. The van der Waals surface area contributed by atoms with E-state index in [0.717, 1.165) is 31.1 Å². The summed E-state index contributed by atoms with van der Waals surface area (Å²) in [5, 5.41) is 4.21. The van der Waals surface area contributed by atoms with Crippen LogP contribution in [0.2, 0.25) is 0 Å².